The number of nitrogens with one attached hydrogen (secondary N) is 1. The minimum absolute atomic E-state index is 0.00816. The SMILES string of the molecule is CC(C)n1cc(C(=O)N[C@@H](C)c2ccco2)c(=O)c(C(=O)N(C)C2CCCCC2)c1. The molecule has 30 heavy (non-hydrogen) atoms. The summed E-state index contributed by atoms with van der Waals surface area (Å²) in [5.74, 6) is -0.250. The Bertz CT molecular complexity index is 940. The van der Waals surface area contributed by atoms with Crippen molar-refractivity contribution in [2.75, 3.05) is 7.05 Å². The molecule has 0 radical (unpaired) electrons. The van der Waals surface area contributed by atoms with Gasteiger partial charge in [0.1, 0.15) is 16.9 Å². The Morgan fingerprint density at radius 2 is 1.80 bits per heavy atom. The third-order valence-corrected chi connectivity index (χ3v) is 5.88. The second-order valence-electron chi connectivity index (χ2n) is 8.37. The van der Waals surface area contributed by atoms with Crippen LogP contribution in [-0.4, -0.2) is 34.4 Å². The van der Waals surface area contributed by atoms with Gasteiger partial charge in [-0.1, -0.05) is 19.3 Å². The number of amides is 2. The summed E-state index contributed by atoms with van der Waals surface area (Å²) in [5.41, 5.74) is -0.538. The summed E-state index contributed by atoms with van der Waals surface area (Å²) >= 11 is 0. The van der Waals surface area contributed by atoms with E-state index in [0.29, 0.717) is 5.76 Å². The molecule has 2 aromatic heterocycles. The molecule has 1 atom stereocenters. The Balaban J connectivity index is 1.92. The van der Waals surface area contributed by atoms with Gasteiger partial charge in [-0.05, 0) is 45.7 Å². The first-order chi connectivity index (χ1) is 14.3. The fourth-order valence-electron chi connectivity index (χ4n) is 3.92. The summed E-state index contributed by atoms with van der Waals surface area (Å²) < 4.78 is 7.07. The molecule has 1 aliphatic rings. The molecule has 3 rings (SSSR count). The van der Waals surface area contributed by atoms with Gasteiger partial charge in [0.25, 0.3) is 11.8 Å². The van der Waals surface area contributed by atoms with Crippen LogP contribution in [0.25, 0.3) is 0 Å². The average molecular weight is 414 g/mol. The summed E-state index contributed by atoms with van der Waals surface area (Å²) in [6.45, 7) is 5.66. The van der Waals surface area contributed by atoms with Gasteiger partial charge in [0, 0.05) is 31.5 Å². The highest BCUT2D eigenvalue weighted by Gasteiger charge is 2.27. The van der Waals surface area contributed by atoms with E-state index >= 15 is 0 Å². The topological polar surface area (TPSA) is 84.5 Å². The number of hydrogen-bond acceptors (Lipinski definition) is 4. The molecule has 1 fully saturated rings. The van der Waals surface area contributed by atoms with Crippen molar-refractivity contribution in [1.82, 2.24) is 14.8 Å². The standard InChI is InChI=1S/C23H31N3O4/c1-15(2)26-13-18(22(28)24-16(3)20-11-8-12-30-20)21(27)19(14-26)23(29)25(4)17-9-6-5-7-10-17/h8,11-17H,5-7,9-10H2,1-4H3,(H,24,28)/t16-/m0/s1. The first-order valence-corrected chi connectivity index (χ1v) is 10.7. The van der Waals surface area contributed by atoms with Gasteiger partial charge in [-0.15, -0.1) is 0 Å². The van der Waals surface area contributed by atoms with Crippen molar-refractivity contribution in [2.45, 2.75) is 71.0 Å². The molecule has 2 heterocycles. The third-order valence-electron chi connectivity index (χ3n) is 5.88. The van der Waals surface area contributed by atoms with Gasteiger partial charge in [0.05, 0.1) is 12.3 Å². The number of pyridine rings is 1. The third kappa shape index (κ3) is 4.66. The van der Waals surface area contributed by atoms with E-state index in [9.17, 15) is 14.4 Å². The van der Waals surface area contributed by atoms with Crippen LogP contribution >= 0.6 is 0 Å². The van der Waals surface area contributed by atoms with Crippen molar-refractivity contribution in [1.29, 1.82) is 0 Å². The van der Waals surface area contributed by atoms with Gasteiger partial charge in [0.2, 0.25) is 5.43 Å². The van der Waals surface area contributed by atoms with E-state index in [4.69, 9.17) is 4.42 Å². The van der Waals surface area contributed by atoms with Crippen LogP contribution < -0.4 is 10.7 Å². The zero-order chi connectivity index (χ0) is 21.8. The van der Waals surface area contributed by atoms with E-state index in [1.807, 2.05) is 13.8 Å². The maximum absolute atomic E-state index is 13.2. The fourth-order valence-corrected chi connectivity index (χ4v) is 3.92. The molecule has 0 unspecified atom stereocenters. The zero-order valence-corrected chi connectivity index (χ0v) is 18.2. The molecule has 0 aliphatic heterocycles. The fraction of sp³-hybridized carbons (Fsp3) is 0.522. The molecule has 0 saturated heterocycles. The number of nitrogens with zero attached hydrogens (tertiary/aromatic N) is 2. The van der Waals surface area contributed by atoms with Crippen LogP contribution in [0, 0.1) is 0 Å². The number of aromatic nitrogens is 1. The summed E-state index contributed by atoms with van der Waals surface area (Å²) in [5, 5.41) is 2.79. The molecule has 162 valence electrons. The van der Waals surface area contributed by atoms with E-state index in [0.717, 1.165) is 25.7 Å². The van der Waals surface area contributed by atoms with Crippen molar-refractivity contribution >= 4 is 11.8 Å². The molecule has 2 amide bonds. The Hall–Kier alpha value is -2.83. The van der Waals surface area contributed by atoms with Gasteiger partial charge >= 0.3 is 0 Å². The van der Waals surface area contributed by atoms with Crippen molar-refractivity contribution in [2.24, 2.45) is 0 Å². The first-order valence-electron chi connectivity index (χ1n) is 10.7. The second kappa shape index (κ2) is 9.32. The molecule has 0 aromatic carbocycles. The van der Waals surface area contributed by atoms with E-state index < -0.39 is 17.4 Å². The van der Waals surface area contributed by atoms with Crippen LogP contribution in [0.3, 0.4) is 0 Å². The lowest BCUT2D eigenvalue weighted by Gasteiger charge is -2.31. The molecule has 1 saturated carbocycles. The van der Waals surface area contributed by atoms with Gasteiger partial charge in [0.15, 0.2) is 0 Å². The quantitative estimate of drug-likeness (QED) is 0.778. The molecular weight excluding hydrogens is 382 g/mol. The molecule has 0 bridgehead atoms. The molecular formula is C23H31N3O4. The van der Waals surface area contributed by atoms with E-state index in [1.54, 1.807) is 41.8 Å². The first kappa shape index (κ1) is 21.9. The highest BCUT2D eigenvalue weighted by Crippen LogP contribution is 2.23. The van der Waals surface area contributed by atoms with Crippen LogP contribution in [0.4, 0.5) is 0 Å². The van der Waals surface area contributed by atoms with E-state index in [2.05, 4.69) is 5.32 Å². The average Bonchev–Trinajstić information content (AvgIpc) is 3.28. The summed E-state index contributed by atoms with van der Waals surface area (Å²) in [6.07, 6.45) is 9.88. The lowest BCUT2D eigenvalue weighted by Crippen LogP contribution is -2.42. The summed E-state index contributed by atoms with van der Waals surface area (Å²) in [4.78, 5) is 40.9. The van der Waals surface area contributed by atoms with Crippen molar-refractivity contribution in [3.05, 3.63) is 57.9 Å². The zero-order valence-electron chi connectivity index (χ0n) is 18.2. The molecule has 7 nitrogen and oxygen atoms in total. The maximum Gasteiger partial charge on any atom is 0.259 e. The normalized spacial score (nSPS) is 15.8. The molecule has 1 aliphatic carbocycles. The van der Waals surface area contributed by atoms with Crippen molar-refractivity contribution in [3.63, 3.8) is 0 Å². The minimum atomic E-state index is -0.538. The summed E-state index contributed by atoms with van der Waals surface area (Å²) in [7, 11) is 1.75. The number of hydrogen-bond donors (Lipinski definition) is 1. The Kier molecular flexibility index (Phi) is 6.80. The van der Waals surface area contributed by atoms with Crippen molar-refractivity contribution in [3.8, 4) is 0 Å². The van der Waals surface area contributed by atoms with Gasteiger partial charge in [-0.25, -0.2) is 0 Å². The van der Waals surface area contributed by atoms with Crippen LogP contribution in [0.1, 0.15) is 91.4 Å². The van der Waals surface area contributed by atoms with Crippen LogP contribution in [-0.2, 0) is 0 Å². The maximum atomic E-state index is 13.2. The van der Waals surface area contributed by atoms with Gasteiger partial charge in [-0.3, -0.25) is 14.4 Å². The smallest absolute Gasteiger partial charge is 0.259 e. The molecule has 1 N–H and O–H groups in total. The molecule has 7 heteroatoms. The van der Waals surface area contributed by atoms with Gasteiger partial charge < -0.3 is 19.2 Å². The summed E-state index contributed by atoms with van der Waals surface area (Å²) in [6, 6.07) is 3.23. The predicted molar refractivity (Wildman–Crippen MR) is 115 cm³/mol. The van der Waals surface area contributed by atoms with E-state index in [1.165, 1.54) is 18.9 Å². The lowest BCUT2D eigenvalue weighted by atomic mass is 9.94. The minimum Gasteiger partial charge on any atom is -0.467 e. The largest absolute Gasteiger partial charge is 0.467 e. The Morgan fingerprint density at radius 3 is 2.40 bits per heavy atom. The van der Waals surface area contributed by atoms with Crippen LogP contribution in [0.15, 0.2) is 40.0 Å². The number of furan rings is 1. The Morgan fingerprint density at radius 1 is 1.13 bits per heavy atom. The van der Waals surface area contributed by atoms with Crippen LogP contribution in [0.2, 0.25) is 0 Å². The lowest BCUT2D eigenvalue weighted by molar-refractivity contribution is 0.0694. The second-order valence-corrected chi connectivity index (χ2v) is 8.37. The monoisotopic (exact) mass is 413 g/mol. The number of rotatable bonds is 6. The highest BCUT2D eigenvalue weighted by atomic mass is 16.3. The van der Waals surface area contributed by atoms with Gasteiger partial charge in [-0.2, -0.15) is 0 Å². The molecule has 0 spiro atoms. The molecule has 2 aromatic rings. The number of carbonyl (C=O) groups is 2. The predicted octanol–water partition coefficient (Wildman–Crippen LogP) is 3.92. The van der Waals surface area contributed by atoms with Crippen LogP contribution in [0.5, 0.6) is 0 Å². The number of carbonyl (C=O) groups excluding carboxylic acids is 2. The Labute approximate surface area is 177 Å². The highest BCUT2D eigenvalue weighted by molar-refractivity contribution is 5.99. The van der Waals surface area contributed by atoms with E-state index in [-0.39, 0.29) is 29.1 Å². The van der Waals surface area contributed by atoms with Crippen molar-refractivity contribution < 1.29 is 14.0 Å².